The fourth-order valence-corrected chi connectivity index (χ4v) is 2.89. The first-order chi connectivity index (χ1) is 10.1. The van der Waals surface area contributed by atoms with Crippen LogP contribution in [0.1, 0.15) is 30.0 Å². The Hall–Kier alpha value is -2.00. The summed E-state index contributed by atoms with van der Waals surface area (Å²) in [6.45, 7) is 2.80. The number of benzene rings is 2. The number of fused-ring (bicyclic) bond motifs is 1. The van der Waals surface area contributed by atoms with Gasteiger partial charge in [0.1, 0.15) is 11.5 Å². The molecule has 3 nitrogen and oxygen atoms in total. The lowest BCUT2D eigenvalue weighted by Crippen LogP contribution is -2.35. The van der Waals surface area contributed by atoms with Crippen molar-refractivity contribution in [3.63, 3.8) is 0 Å². The number of para-hydroxylation sites is 1. The summed E-state index contributed by atoms with van der Waals surface area (Å²) in [5.41, 5.74) is 9.41. The summed E-state index contributed by atoms with van der Waals surface area (Å²) in [5, 5.41) is 0. The van der Waals surface area contributed by atoms with Gasteiger partial charge in [0.15, 0.2) is 0 Å². The highest BCUT2D eigenvalue weighted by molar-refractivity contribution is 5.51. The van der Waals surface area contributed by atoms with Crippen LogP contribution in [0.3, 0.4) is 0 Å². The zero-order valence-electron chi connectivity index (χ0n) is 12.6. The Morgan fingerprint density at radius 2 is 1.90 bits per heavy atom. The van der Waals surface area contributed by atoms with Crippen molar-refractivity contribution >= 4 is 0 Å². The summed E-state index contributed by atoms with van der Waals surface area (Å²) in [6.07, 6.45) is 2.13. The van der Waals surface area contributed by atoms with Gasteiger partial charge in [-0.3, -0.25) is 0 Å². The van der Waals surface area contributed by atoms with E-state index in [1.54, 1.807) is 7.11 Å². The lowest BCUT2D eigenvalue weighted by atomic mass is 9.83. The van der Waals surface area contributed by atoms with E-state index in [0.29, 0.717) is 0 Å². The molecule has 2 aromatic rings. The molecule has 1 aliphatic rings. The highest BCUT2D eigenvalue weighted by Gasteiger charge is 2.29. The highest BCUT2D eigenvalue weighted by Crippen LogP contribution is 2.38. The van der Waals surface area contributed by atoms with Gasteiger partial charge in [-0.2, -0.15) is 0 Å². The van der Waals surface area contributed by atoms with E-state index < -0.39 is 5.54 Å². The van der Waals surface area contributed by atoms with Crippen molar-refractivity contribution < 1.29 is 9.47 Å². The van der Waals surface area contributed by atoms with Gasteiger partial charge in [0, 0.05) is 5.56 Å². The number of nitrogens with two attached hydrogens (primary N) is 1. The Labute approximate surface area is 125 Å². The van der Waals surface area contributed by atoms with E-state index in [2.05, 4.69) is 18.2 Å². The third-order valence-corrected chi connectivity index (χ3v) is 4.18. The number of aryl methyl sites for hydroxylation is 1. The molecule has 0 aliphatic carbocycles. The van der Waals surface area contributed by atoms with E-state index >= 15 is 0 Å². The number of hydrogen-bond acceptors (Lipinski definition) is 3. The van der Waals surface area contributed by atoms with E-state index in [1.807, 2.05) is 31.2 Å². The van der Waals surface area contributed by atoms with Crippen LogP contribution in [0.15, 0.2) is 42.5 Å². The molecular weight excluding hydrogens is 262 g/mol. The maximum absolute atomic E-state index is 6.65. The number of hydrogen-bond donors (Lipinski definition) is 1. The predicted octanol–water partition coefficient (Wildman–Crippen LogP) is 3.24. The highest BCUT2D eigenvalue weighted by atomic mass is 16.5. The van der Waals surface area contributed by atoms with Crippen molar-refractivity contribution in [1.29, 1.82) is 0 Å². The van der Waals surface area contributed by atoms with Gasteiger partial charge in [0.25, 0.3) is 0 Å². The minimum absolute atomic E-state index is 0.588. The van der Waals surface area contributed by atoms with Gasteiger partial charge in [-0.25, -0.2) is 0 Å². The summed E-state index contributed by atoms with van der Waals surface area (Å²) in [5.74, 6) is 1.80. The number of rotatable bonds is 3. The van der Waals surface area contributed by atoms with Crippen LogP contribution in [-0.4, -0.2) is 13.7 Å². The molecule has 1 unspecified atom stereocenters. The average Bonchev–Trinajstić information content (AvgIpc) is 2.54. The third kappa shape index (κ3) is 2.49. The van der Waals surface area contributed by atoms with E-state index in [0.717, 1.165) is 42.1 Å². The van der Waals surface area contributed by atoms with E-state index in [9.17, 15) is 0 Å². The Bertz CT molecular complexity index is 632. The predicted molar refractivity (Wildman–Crippen MR) is 83.9 cm³/mol. The van der Waals surface area contributed by atoms with Gasteiger partial charge in [-0.05, 0) is 43.0 Å². The second-order valence-corrected chi connectivity index (χ2v) is 5.68. The molecule has 0 amide bonds. The third-order valence-electron chi connectivity index (χ3n) is 4.18. The van der Waals surface area contributed by atoms with E-state index in [-0.39, 0.29) is 0 Å². The molecule has 1 heterocycles. The topological polar surface area (TPSA) is 44.5 Å². The van der Waals surface area contributed by atoms with Gasteiger partial charge < -0.3 is 15.2 Å². The smallest absolute Gasteiger partial charge is 0.127 e. The zero-order valence-corrected chi connectivity index (χ0v) is 12.6. The van der Waals surface area contributed by atoms with Crippen LogP contribution in [0.2, 0.25) is 0 Å². The van der Waals surface area contributed by atoms with Crippen molar-refractivity contribution in [3.8, 4) is 11.5 Å². The van der Waals surface area contributed by atoms with Crippen molar-refractivity contribution in [3.05, 3.63) is 59.2 Å². The molecule has 0 spiro atoms. The summed E-state index contributed by atoms with van der Waals surface area (Å²) in [7, 11) is 1.66. The van der Waals surface area contributed by atoms with Crippen molar-refractivity contribution in [2.75, 3.05) is 13.7 Å². The number of methoxy groups -OCH3 is 1. The first-order valence-electron chi connectivity index (χ1n) is 7.31. The van der Waals surface area contributed by atoms with Crippen LogP contribution in [0.4, 0.5) is 0 Å². The van der Waals surface area contributed by atoms with Crippen molar-refractivity contribution in [2.24, 2.45) is 5.73 Å². The van der Waals surface area contributed by atoms with Crippen LogP contribution >= 0.6 is 0 Å². The fourth-order valence-electron chi connectivity index (χ4n) is 2.89. The molecule has 2 aromatic carbocycles. The van der Waals surface area contributed by atoms with E-state index in [1.165, 1.54) is 5.56 Å². The zero-order chi connectivity index (χ0) is 14.9. The molecule has 21 heavy (non-hydrogen) atoms. The maximum Gasteiger partial charge on any atom is 0.127 e. The molecular formula is C18H21NO2. The molecule has 2 N–H and O–H groups in total. The maximum atomic E-state index is 6.65. The first-order valence-corrected chi connectivity index (χ1v) is 7.31. The summed E-state index contributed by atoms with van der Waals surface area (Å²) in [6, 6.07) is 14.2. The SMILES string of the molecule is COc1ccc(C(C)(N)c2cccc3c2OCCC3)cc1. The molecule has 1 aliphatic heterocycles. The summed E-state index contributed by atoms with van der Waals surface area (Å²) >= 11 is 0. The Kier molecular flexibility index (Phi) is 3.60. The van der Waals surface area contributed by atoms with Gasteiger partial charge in [-0.1, -0.05) is 30.3 Å². The van der Waals surface area contributed by atoms with Gasteiger partial charge in [0.2, 0.25) is 0 Å². The second kappa shape index (κ2) is 5.41. The molecule has 0 aromatic heterocycles. The lowest BCUT2D eigenvalue weighted by molar-refractivity contribution is 0.280. The van der Waals surface area contributed by atoms with Crippen LogP contribution in [-0.2, 0) is 12.0 Å². The first kappa shape index (κ1) is 14.0. The minimum atomic E-state index is -0.588. The lowest BCUT2D eigenvalue weighted by Gasteiger charge is -2.31. The molecule has 0 saturated carbocycles. The van der Waals surface area contributed by atoms with Gasteiger partial charge >= 0.3 is 0 Å². The second-order valence-electron chi connectivity index (χ2n) is 5.68. The monoisotopic (exact) mass is 283 g/mol. The molecule has 3 heteroatoms. The Morgan fingerprint density at radius 3 is 2.62 bits per heavy atom. The molecule has 110 valence electrons. The average molecular weight is 283 g/mol. The van der Waals surface area contributed by atoms with Crippen LogP contribution < -0.4 is 15.2 Å². The minimum Gasteiger partial charge on any atom is -0.497 e. The van der Waals surface area contributed by atoms with Crippen LogP contribution in [0, 0.1) is 0 Å². The van der Waals surface area contributed by atoms with Crippen molar-refractivity contribution in [1.82, 2.24) is 0 Å². The molecule has 0 fully saturated rings. The van der Waals surface area contributed by atoms with E-state index in [4.69, 9.17) is 15.2 Å². The molecule has 0 bridgehead atoms. The molecule has 3 rings (SSSR count). The Morgan fingerprint density at radius 1 is 1.14 bits per heavy atom. The van der Waals surface area contributed by atoms with Gasteiger partial charge in [-0.15, -0.1) is 0 Å². The fraction of sp³-hybridized carbons (Fsp3) is 0.333. The standard InChI is InChI=1S/C18H21NO2/c1-18(19,14-8-10-15(20-2)11-9-14)16-7-3-5-13-6-4-12-21-17(13)16/h3,5,7-11H,4,6,12,19H2,1-2H3. The molecule has 1 atom stereocenters. The summed E-state index contributed by atoms with van der Waals surface area (Å²) < 4.78 is 11.1. The van der Waals surface area contributed by atoms with Gasteiger partial charge in [0.05, 0.1) is 19.3 Å². The largest absolute Gasteiger partial charge is 0.497 e. The summed E-state index contributed by atoms with van der Waals surface area (Å²) in [4.78, 5) is 0. The van der Waals surface area contributed by atoms with Crippen LogP contribution in [0.25, 0.3) is 0 Å². The van der Waals surface area contributed by atoms with Crippen molar-refractivity contribution in [2.45, 2.75) is 25.3 Å². The Balaban J connectivity index is 2.04. The molecule has 0 saturated heterocycles. The number of ether oxygens (including phenoxy) is 2. The van der Waals surface area contributed by atoms with Crippen LogP contribution in [0.5, 0.6) is 11.5 Å². The molecule has 0 radical (unpaired) electrons. The quantitative estimate of drug-likeness (QED) is 0.940. The normalized spacial score (nSPS) is 16.5.